The predicted octanol–water partition coefficient (Wildman–Crippen LogP) is 10.2. The third kappa shape index (κ3) is 5.24. The van der Waals surface area contributed by atoms with Gasteiger partial charge in [0.2, 0.25) is 0 Å². The van der Waals surface area contributed by atoms with Crippen LogP contribution in [0.1, 0.15) is 42.0 Å². The van der Waals surface area contributed by atoms with E-state index in [0.717, 1.165) is 38.9 Å². The minimum atomic E-state index is -0.680. The Balaban J connectivity index is 1.25. The van der Waals surface area contributed by atoms with Crippen molar-refractivity contribution in [3.05, 3.63) is 132 Å². The van der Waals surface area contributed by atoms with E-state index in [2.05, 4.69) is 59.9 Å². The summed E-state index contributed by atoms with van der Waals surface area (Å²) >= 11 is 0. The van der Waals surface area contributed by atoms with Crippen LogP contribution < -0.4 is 4.74 Å². The van der Waals surface area contributed by atoms with E-state index in [1.54, 1.807) is 29.2 Å². The first-order chi connectivity index (χ1) is 21.9. The Bertz CT molecular complexity index is 2150. The normalized spacial score (nSPS) is 11.6. The number of benzene rings is 4. The van der Waals surface area contributed by atoms with Gasteiger partial charge >= 0.3 is 0 Å². The highest BCUT2D eigenvalue weighted by atomic mass is 19.1. The average molecular weight is 599 g/mol. The molecule has 0 aliphatic heterocycles. The maximum Gasteiger partial charge on any atom is 0.137 e. The molecular formula is C38H32F2N4O. The Morgan fingerprint density at radius 2 is 1.53 bits per heavy atom. The molecule has 0 unspecified atom stereocenters. The molecule has 0 N–H and O–H groups in total. The van der Waals surface area contributed by atoms with Crippen molar-refractivity contribution in [2.45, 2.75) is 40.0 Å². The number of rotatable bonds is 8. The van der Waals surface area contributed by atoms with E-state index in [9.17, 15) is 8.78 Å². The second kappa shape index (κ2) is 11.7. The van der Waals surface area contributed by atoms with Crippen LogP contribution in [-0.2, 0) is 13.3 Å². The number of alkyl halides is 2. The summed E-state index contributed by atoms with van der Waals surface area (Å²) in [5.41, 5.74) is 7.03. The number of ether oxygens (including phenoxy) is 1. The number of aromatic nitrogens is 4. The van der Waals surface area contributed by atoms with E-state index >= 15 is 0 Å². The van der Waals surface area contributed by atoms with Gasteiger partial charge in [0.25, 0.3) is 0 Å². The van der Waals surface area contributed by atoms with Crippen molar-refractivity contribution in [1.29, 1.82) is 0 Å². The molecule has 0 radical (unpaired) electrons. The summed E-state index contributed by atoms with van der Waals surface area (Å²) in [6.07, 6.45) is 5.31. The molecule has 0 saturated carbocycles. The summed E-state index contributed by atoms with van der Waals surface area (Å²) in [6, 6.07) is 29.8. The Labute approximate surface area is 260 Å². The van der Waals surface area contributed by atoms with E-state index in [4.69, 9.17) is 9.72 Å². The average Bonchev–Trinajstić information content (AvgIpc) is 3.67. The monoisotopic (exact) mass is 598 g/mol. The van der Waals surface area contributed by atoms with Crippen molar-refractivity contribution in [3.63, 3.8) is 0 Å². The number of para-hydroxylation sites is 1. The number of hydrogen-bond donors (Lipinski definition) is 0. The second-order valence-corrected chi connectivity index (χ2v) is 11.6. The molecule has 3 aromatic heterocycles. The number of aryl methyl sites for hydroxylation is 1. The number of fused-ring (bicyclic) bond motifs is 3. The zero-order valence-corrected chi connectivity index (χ0v) is 25.3. The lowest BCUT2D eigenvalue weighted by Gasteiger charge is -2.12. The van der Waals surface area contributed by atoms with E-state index in [0.29, 0.717) is 39.7 Å². The van der Waals surface area contributed by atoms with Crippen molar-refractivity contribution >= 4 is 21.8 Å². The zero-order chi connectivity index (χ0) is 31.1. The van der Waals surface area contributed by atoms with Crippen LogP contribution in [0.2, 0.25) is 0 Å². The van der Waals surface area contributed by atoms with Crippen molar-refractivity contribution < 1.29 is 13.5 Å². The molecule has 0 amide bonds. The molecule has 0 spiro atoms. The smallest absolute Gasteiger partial charge is 0.137 e. The molecule has 7 rings (SSSR count). The summed E-state index contributed by atoms with van der Waals surface area (Å²) in [5, 5.41) is 6.78. The lowest BCUT2D eigenvalue weighted by molar-refractivity contribution is 0.476. The van der Waals surface area contributed by atoms with Gasteiger partial charge in [0.15, 0.2) is 0 Å². The SMILES string of the molecule is Cc1cc(CF)c(-c2cnn(-c3cccc(Oc4ccc5c6ccccc6n(-c6cc(C(C)C)ccn6)c5c4)c3)c2)c(CF)c1. The summed E-state index contributed by atoms with van der Waals surface area (Å²) in [5.74, 6) is 2.56. The van der Waals surface area contributed by atoms with Gasteiger partial charge in [-0.3, -0.25) is 4.57 Å². The highest BCUT2D eigenvalue weighted by Gasteiger charge is 2.17. The third-order valence-electron chi connectivity index (χ3n) is 8.23. The first-order valence-corrected chi connectivity index (χ1v) is 15.0. The fourth-order valence-corrected chi connectivity index (χ4v) is 6.12. The van der Waals surface area contributed by atoms with E-state index in [1.807, 2.05) is 55.6 Å². The van der Waals surface area contributed by atoms with Crippen LogP contribution in [0, 0.1) is 6.92 Å². The van der Waals surface area contributed by atoms with Gasteiger partial charge in [-0.25, -0.2) is 18.4 Å². The second-order valence-electron chi connectivity index (χ2n) is 11.6. The maximum atomic E-state index is 13.9. The van der Waals surface area contributed by atoms with Gasteiger partial charge in [-0.2, -0.15) is 5.10 Å². The Morgan fingerprint density at radius 1 is 0.778 bits per heavy atom. The highest BCUT2D eigenvalue weighted by molar-refractivity contribution is 6.09. The molecular weight excluding hydrogens is 566 g/mol. The van der Waals surface area contributed by atoms with E-state index in [1.165, 1.54) is 5.56 Å². The molecule has 4 aromatic carbocycles. The molecule has 0 fully saturated rings. The molecule has 7 heteroatoms. The molecule has 0 atom stereocenters. The molecule has 0 aliphatic carbocycles. The number of pyridine rings is 1. The Kier molecular flexibility index (Phi) is 7.37. The van der Waals surface area contributed by atoms with Crippen LogP contribution >= 0.6 is 0 Å². The van der Waals surface area contributed by atoms with Gasteiger partial charge < -0.3 is 4.74 Å². The fraction of sp³-hybridized carbons (Fsp3) is 0.158. The standard InChI is InChI=1S/C38H32F2N4O/c1-24(2)26-13-14-41-37(17-26)44-35-10-5-4-9-33(35)34-12-11-32(19-36(34)44)45-31-8-6-7-30(18-31)43-23-29(22-42-43)38-27(20-39)15-25(3)16-28(38)21-40/h4-19,22-24H,20-21H2,1-3H3. The van der Waals surface area contributed by atoms with Crippen molar-refractivity contribution in [2.75, 3.05) is 0 Å². The van der Waals surface area contributed by atoms with Gasteiger partial charge in [0.1, 0.15) is 30.7 Å². The molecule has 0 bridgehead atoms. The van der Waals surface area contributed by atoms with Gasteiger partial charge in [0, 0.05) is 40.9 Å². The van der Waals surface area contributed by atoms with Crippen LogP contribution in [0.15, 0.2) is 110 Å². The van der Waals surface area contributed by atoms with Gasteiger partial charge in [-0.05, 0) is 77.6 Å². The largest absolute Gasteiger partial charge is 0.457 e. The van der Waals surface area contributed by atoms with Crippen molar-refractivity contribution in [2.24, 2.45) is 0 Å². The maximum absolute atomic E-state index is 13.9. The highest BCUT2D eigenvalue weighted by Crippen LogP contribution is 2.36. The summed E-state index contributed by atoms with van der Waals surface area (Å²) in [6.45, 7) is 4.85. The summed E-state index contributed by atoms with van der Waals surface area (Å²) in [4.78, 5) is 4.74. The predicted molar refractivity (Wildman–Crippen MR) is 176 cm³/mol. The topological polar surface area (TPSA) is 44.9 Å². The first kappa shape index (κ1) is 28.5. The van der Waals surface area contributed by atoms with Gasteiger partial charge in [0.05, 0.1) is 22.9 Å². The van der Waals surface area contributed by atoms with Crippen LogP contribution in [0.25, 0.3) is 44.4 Å². The lowest BCUT2D eigenvalue weighted by Crippen LogP contribution is -1.99. The fourth-order valence-electron chi connectivity index (χ4n) is 6.12. The van der Waals surface area contributed by atoms with Crippen LogP contribution in [-0.4, -0.2) is 19.3 Å². The number of hydrogen-bond acceptors (Lipinski definition) is 3. The minimum absolute atomic E-state index is 0.380. The van der Waals surface area contributed by atoms with E-state index < -0.39 is 13.3 Å². The molecule has 0 saturated heterocycles. The molecule has 3 heterocycles. The van der Waals surface area contributed by atoms with Crippen LogP contribution in [0.5, 0.6) is 11.5 Å². The lowest BCUT2D eigenvalue weighted by atomic mass is 9.95. The van der Waals surface area contributed by atoms with Gasteiger partial charge in [-0.15, -0.1) is 0 Å². The molecule has 45 heavy (non-hydrogen) atoms. The van der Waals surface area contributed by atoms with Crippen molar-refractivity contribution in [1.82, 2.24) is 19.3 Å². The number of halogens is 2. The third-order valence-corrected chi connectivity index (χ3v) is 8.23. The Morgan fingerprint density at radius 3 is 2.31 bits per heavy atom. The van der Waals surface area contributed by atoms with Crippen molar-refractivity contribution in [3.8, 4) is 34.1 Å². The Hall–Kier alpha value is -5.30. The van der Waals surface area contributed by atoms with Crippen LogP contribution in [0.3, 0.4) is 0 Å². The molecule has 224 valence electrons. The molecule has 7 aromatic rings. The van der Waals surface area contributed by atoms with E-state index in [-0.39, 0.29) is 0 Å². The number of nitrogens with zero attached hydrogens (tertiary/aromatic N) is 4. The zero-order valence-electron chi connectivity index (χ0n) is 25.3. The molecule has 0 aliphatic rings. The molecule has 5 nitrogen and oxygen atoms in total. The first-order valence-electron chi connectivity index (χ1n) is 15.0. The summed E-state index contributed by atoms with van der Waals surface area (Å²) < 4.78 is 38.1. The summed E-state index contributed by atoms with van der Waals surface area (Å²) in [7, 11) is 0. The quantitative estimate of drug-likeness (QED) is 0.175. The van der Waals surface area contributed by atoms with Gasteiger partial charge in [-0.1, -0.05) is 55.8 Å². The minimum Gasteiger partial charge on any atom is -0.457 e. The van der Waals surface area contributed by atoms with Crippen LogP contribution in [0.4, 0.5) is 8.78 Å².